The van der Waals surface area contributed by atoms with Gasteiger partial charge in [0.15, 0.2) is 0 Å². The highest BCUT2D eigenvalue weighted by molar-refractivity contribution is 5.88. The highest BCUT2D eigenvalue weighted by atomic mass is 16.2. The van der Waals surface area contributed by atoms with Crippen molar-refractivity contribution in [2.75, 3.05) is 13.1 Å². The topological polar surface area (TPSA) is 32.3 Å². The van der Waals surface area contributed by atoms with Gasteiger partial charge in [-0.1, -0.05) is 6.08 Å². The number of hydrogen-bond donors (Lipinski definition) is 1. The van der Waals surface area contributed by atoms with E-state index in [1.165, 1.54) is 0 Å². The largest absolute Gasteiger partial charge is 0.332 e. The Kier molecular flexibility index (Phi) is 1.91. The average Bonchev–Trinajstić information content (AvgIpc) is 2.63. The van der Waals surface area contributed by atoms with Gasteiger partial charge in [-0.05, 0) is 26.8 Å². The van der Waals surface area contributed by atoms with E-state index in [9.17, 15) is 4.79 Å². The van der Waals surface area contributed by atoms with Gasteiger partial charge in [-0.25, -0.2) is 0 Å². The Morgan fingerprint density at radius 2 is 2.38 bits per heavy atom. The van der Waals surface area contributed by atoms with Gasteiger partial charge in [0.25, 0.3) is 0 Å². The number of rotatable bonds is 1. The minimum atomic E-state index is -0.204. The molecule has 1 atom stereocenters. The third-order valence-electron chi connectivity index (χ3n) is 3.13. The SMILES string of the molecule is CC(C)N1CCC2(C=CNC2=O)C1. The fourth-order valence-electron chi connectivity index (χ4n) is 2.12. The molecule has 13 heavy (non-hydrogen) atoms. The molecule has 0 aromatic carbocycles. The Balaban J connectivity index is 2.12. The van der Waals surface area contributed by atoms with Crippen LogP contribution < -0.4 is 5.32 Å². The summed E-state index contributed by atoms with van der Waals surface area (Å²) < 4.78 is 0. The van der Waals surface area contributed by atoms with Gasteiger partial charge >= 0.3 is 0 Å². The van der Waals surface area contributed by atoms with Crippen LogP contribution in [0, 0.1) is 5.41 Å². The lowest BCUT2D eigenvalue weighted by atomic mass is 9.88. The molecule has 2 rings (SSSR count). The monoisotopic (exact) mass is 180 g/mol. The fraction of sp³-hybridized carbons (Fsp3) is 0.700. The number of amides is 1. The smallest absolute Gasteiger partial charge is 0.235 e. The Hall–Kier alpha value is -0.830. The molecule has 72 valence electrons. The van der Waals surface area contributed by atoms with Gasteiger partial charge in [0, 0.05) is 18.8 Å². The predicted molar refractivity (Wildman–Crippen MR) is 51.0 cm³/mol. The molecule has 1 saturated heterocycles. The summed E-state index contributed by atoms with van der Waals surface area (Å²) in [5.74, 6) is 0.177. The Morgan fingerprint density at radius 1 is 1.62 bits per heavy atom. The summed E-state index contributed by atoms with van der Waals surface area (Å²) in [6, 6.07) is 0.543. The second-order valence-corrected chi connectivity index (χ2v) is 4.28. The van der Waals surface area contributed by atoms with E-state index >= 15 is 0 Å². The number of carbonyl (C=O) groups is 1. The van der Waals surface area contributed by atoms with Crippen molar-refractivity contribution in [3.8, 4) is 0 Å². The van der Waals surface area contributed by atoms with Gasteiger partial charge in [0.05, 0.1) is 5.41 Å². The van der Waals surface area contributed by atoms with Crippen LogP contribution in [0.3, 0.4) is 0 Å². The quantitative estimate of drug-likeness (QED) is 0.645. The molecule has 0 aromatic heterocycles. The summed E-state index contributed by atoms with van der Waals surface area (Å²) in [6.07, 6.45) is 4.78. The van der Waals surface area contributed by atoms with Crippen LogP contribution in [-0.2, 0) is 4.79 Å². The zero-order valence-corrected chi connectivity index (χ0v) is 8.21. The first-order valence-corrected chi connectivity index (χ1v) is 4.87. The lowest BCUT2D eigenvalue weighted by Gasteiger charge is -2.22. The highest BCUT2D eigenvalue weighted by Crippen LogP contribution is 2.35. The molecule has 1 amide bonds. The number of nitrogens with one attached hydrogen (secondary N) is 1. The highest BCUT2D eigenvalue weighted by Gasteiger charge is 2.44. The molecule has 1 unspecified atom stereocenters. The number of nitrogens with zero attached hydrogens (tertiary/aromatic N) is 1. The van der Waals surface area contributed by atoms with E-state index in [1.807, 2.05) is 6.08 Å². The van der Waals surface area contributed by atoms with Gasteiger partial charge < -0.3 is 5.32 Å². The third kappa shape index (κ3) is 1.27. The van der Waals surface area contributed by atoms with Crippen LogP contribution in [0.15, 0.2) is 12.3 Å². The van der Waals surface area contributed by atoms with Gasteiger partial charge in [-0.2, -0.15) is 0 Å². The van der Waals surface area contributed by atoms with Crippen LogP contribution in [-0.4, -0.2) is 29.9 Å². The van der Waals surface area contributed by atoms with Crippen LogP contribution >= 0.6 is 0 Å². The maximum atomic E-state index is 11.6. The van der Waals surface area contributed by atoms with Gasteiger partial charge in [0.2, 0.25) is 5.91 Å². The minimum Gasteiger partial charge on any atom is -0.332 e. The number of hydrogen-bond acceptors (Lipinski definition) is 2. The summed E-state index contributed by atoms with van der Waals surface area (Å²) >= 11 is 0. The first-order chi connectivity index (χ1) is 6.14. The molecule has 1 N–H and O–H groups in total. The molecule has 0 radical (unpaired) electrons. The Morgan fingerprint density at radius 3 is 2.85 bits per heavy atom. The summed E-state index contributed by atoms with van der Waals surface area (Å²) in [6.45, 7) is 6.27. The van der Waals surface area contributed by atoms with Gasteiger partial charge in [-0.3, -0.25) is 9.69 Å². The van der Waals surface area contributed by atoms with Crippen molar-refractivity contribution >= 4 is 5.91 Å². The van der Waals surface area contributed by atoms with E-state index < -0.39 is 0 Å². The lowest BCUT2D eigenvalue weighted by Crippen LogP contribution is -2.36. The van der Waals surface area contributed by atoms with Crippen LogP contribution in [0.4, 0.5) is 0 Å². The second kappa shape index (κ2) is 2.84. The van der Waals surface area contributed by atoms with Crippen LogP contribution in [0.1, 0.15) is 20.3 Å². The Labute approximate surface area is 78.8 Å². The van der Waals surface area contributed by atoms with E-state index in [2.05, 4.69) is 24.1 Å². The molecule has 1 spiro atoms. The van der Waals surface area contributed by atoms with E-state index in [1.54, 1.807) is 6.20 Å². The predicted octanol–water partition coefficient (Wildman–Crippen LogP) is 0.730. The molecule has 3 nitrogen and oxygen atoms in total. The summed E-state index contributed by atoms with van der Waals surface area (Å²) in [5.41, 5.74) is -0.204. The van der Waals surface area contributed by atoms with Crippen molar-refractivity contribution in [2.45, 2.75) is 26.3 Å². The molecule has 2 heterocycles. The van der Waals surface area contributed by atoms with E-state index in [0.717, 1.165) is 19.5 Å². The van der Waals surface area contributed by atoms with Crippen LogP contribution in [0.5, 0.6) is 0 Å². The van der Waals surface area contributed by atoms with Crippen molar-refractivity contribution < 1.29 is 4.79 Å². The standard InChI is InChI=1S/C10H16N2O/c1-8(2)12-6-4-10(7-12)3-5-11-9(10)13/h3,5,8H,4,6-7H2,1-2H3,(H,11,13). The van der Waals surface area contributed by atoms with Crippen molar-refractivity contribution in [3.05, 3.63) is 12.3 Å². The molecular formula is C10H16N2O. The first kappa shape index (κ1) is 8.75. The molecule has 0 bridgehead atoms. The average molecular weight is 180 g/mol. The third-order valence-corrected chi connectivity index (χ3v) is 3.13. The maximum Gasteiger partial charge on any atom is 0.235 e. The summed E-state index contributed by atoms with van der Waals surface area (Å²) in [7, 11) is 0. The van der Waals surface area contributed by atoms with E-state index in [-0.39, 0.29) is 11.3 Å². The van der Waals surface area contributed by atoms with Crippen molar-refractivity contribution in [1.82, 2.24) is 10.2 Å². The second-order valence-electron chi connectivity index (χ2n) is 4.28. The number of likely N-dealkylation sites (tertiary alicyclic amines) is 1. The molecule has 1 fully saturated rings. The van der Waals surface area contributed by atoms with Crippen molar-refractivity contribution in [1.29, 1.82) is 0 Å². The van der Waals surface area contributed by atoms with E-state index in [4.69, 9.17) is 0 Å². The zero-order valence-electron chi connectivity index (χ0n) is 8.21. The van der Waals surface area contributed by atoms with Crippen LogP contribution in [0.25, 0.3) is 0 Å². The molecule has 2 aliphatic heterocycles. The zero-order chi connectivity index (χ0) is 9.47. The van der Waals surface area contributed by atoms with Crippen molar-refractivity contribution in [2.24, 2.45) is 5.41 Å². The molecule has 0 aliphatic carbocycles. The van der Waals surface area contributed by atoms with Gasteiger partial charge in [0.1, 0.15) is 0 Å². The molecule has 2 aliphatic rings. The van der Waals surface area contributed by atoms with Crippen molar-refractivity contribution in [3.63, 3.8) is 0 Å². The van der Waals surface area contributed by atoms with Crippen LogP contribution in [0.2, 0.25) is 0 Å². The minimum absolute atomic E-state index is 0.177. The summed E-state index contributed by atoms with van der Waals surface area (Å²) in [4.78, 5) is 13.9. The Bertz CT molecular complexity index is 260. The molecule has 0 aromatic rings. The molecule has 3 heteroatoms. The molecular weight excluding hydrogens is 164 g/mol. The fourth-order valence-corrected chi connectivity index (χ4v) is 2.12. The normalized spacial score (nSPS) is 33.6. The number of carbonyl (C=O) groups excluding carboxylic acids is 1. The lowest BCUT2D eigenvalue weighted by molar-refractivity contribution is -0.126. The van der Waals surface area contributed by atoms with E-state index in [0.29, 0.717) is 6.04 Å². The van der Waals surface area contributed by atoms with Gasteiger partial charge in [-0.15, -0.1) is 0 Å². The maximum absolute atomic E-state index is 11.6. The first-order valence-electron chi connectivity index (χ1n) is 4.87. The molecule has 0 saturated carbocycles. The summed E-state index contributed by atoms with van der Waals surface area (Å²) in [5, 5.41) is 2.77.